The van der Waals surface area contributed by atoms with E-state index in [0.717, 1.165) is 19.4 Å². The van der Waals surface area contributed by atoms with Crippen LogP contribution in [0.3, 0.4) is 0 Å². The number of hydrogen-bond donors (Lipinski definition) is 3. The number of aliphatic hydroxyl groups is 1. The first-order valence-electron chi connectivity index (χ1n) is 6.52. The van der Waals surface area contributed by atoms with Gasteiger partial charge < -0.3 is 20.4 Å². The first-order valence-corrected chi connectivity index (χ1v) is 6.52. The number of aliphatic carboxylic acids is 1. The molecule has 0 radical (unpaired) electrons. The van der Waals surface area contributed by atoms with Crippen molar-refractivity contribution in [2.24, 2.45) is 0 Å². The van der Waals surface area contributed by atoms with Crippen molar-refractivity contribution >= 4 is 12.0 Å². The summed E-state index contributed by atoms with van der Waals surface area (Å²) in [4.78, 5) is 23.9. The number of aliphatic hydroxyl groups excluding tert-OH is 1. The Hall–Kier alpha value is -1.30. The Morgan fingerprint density at radius 3 is 2.78 bits per heavy atom. The summed E-state index contributed by atoms with van der Waals surface area (Å²) in [5.41, 5.74) is 0. The molecular weight excluding hydrogens is 236 g/mol. The van der Waals surface area contributed by atoms with Gasteiger partial charge in [0, 0.05) is 32.2 Å². The fourth-order valence-electron chi connectivity index (χ4n) is 2.25. The number of carbonyl (C=O) groups excluding carboxylic acids is 1. The molecule has 0 bridgehead atoms. The van der Waals surface area contributed by atoms with E-state index in [1.165, 1.54) is 0 Å². The number of rotatable bonds is 7. The summed E-state index contributed by atoms with van der Waals surface area (Å²) in [6, 6.07) is 0.0512. The first kappa shape index (κ1) is 14.8. The van der Waals surface area contributed by atoms with E-state index in [-0.39, 0.29) is 25.1 Å². The highest BCUT2D eigenvalue weighted by Gasteiger charge is 2.27. The smallest absolute Gasteiger partial charge is 0.317 e. The molecule has 1 aliphatic heterocycles. The number of likely N-dealkylation sites (tertiary alicyclic amines) is 1. The topological polar surface area (TPSA) is 89.9 Å². The minimum atomic E-state index is -0.802. The van der Waals surface area contributed by atoms with Gasteiger partial charge in [-0.3, -0.25) is 4.79 Å². The van der Waals surface area contributed by atoms with E-state index >= 15 is 0 Å². The molecule has 0 aromatic carbocycles. The van der Waals surface area contributed by atoms with E-state index in [1.807, 2.05) is 0 Å². The van der Waals surface area contributed by atoms with Crippen molar-refractivity contribution in [2.45, 2.75) is 44.6 Å². The molecule has 6 heteroatoms. The van der Waals surface area contributed by atoms with Crippen LogP contribution in [-0.4, -0.2) is 52.9 Å². The van der Waals surface area contributed by atoms with Gasteiger partial charge in [0.2, 0.25) is 0 Å². The van der Waals surface area contributed by atoms with E-state index in [4.69, 9.17) is 10.2 Å². The Morgan fingerprint density at radius 2 is 2.11 bits per heavy atom. The molecule has 1 atom stereocenters. The molecule has 0 aromatic rings. The fourth-order valence-corrected chi connectivity index (χ4v) is 2.25. The van der Waals surface area contributed by atoms with Gasteiger partial charge in [-0.15, -0.1) is 0 Å². The quantitative estimate of drug-likeness (QED) is 0.589. The maximum Gasteiger partial charge on any atom is 0.317 e. The van der Waals surface area contributed by atoms with Crippen molar-refractivity contribution in [3.05, 3.63) is 0 Å². The average Bonchev–Trinajstić information content (AvgIpc) is 2.77. The zero-order valence-electron chi connectivity index (χ0n) is 10.6. The number of urea groups is 1. The van der Waals surface area contributed by atoms with Gasteiger partial charge in [0.1, 0.15) is 0 Å². The molecule has 0 aliphatic carbocycles. The Labute approximate surface area is 107 Å². The fraction of sp³-hybridized carbons (Fsp3) is 0.833. The monoisotopic (exact) mass is 258 g/mol. The maximum absolute atomic E-state index is 11.8. The third-order valence-electron chi connectivity index (χ3n) is 3.19. The van der Waals surface area contributed by atoms with E-state index in [0.29, 0.717) is 25.8 Å². The summed E-state index contributed by atoms with van der Waals surface area (Å²) in [6.07, 6.45) is 3.97. The van der Waals surface area contributed by atoms with Crippen LogP contribution in [0, 0.1) is 0 Å². The maximum atomic E-state index is 11.8. The average molecular weight is 258 g/mol. The molecule has 0 aromatic heterocycles. The Bertz CT molecular complexity index is 283. The SMILES string of the molecule is O=C(O)CCCCNC(=O)N1CCCC1CCO. The van der Waals surface area contributed by atoms with Crippen molar-refractivity contribution < 1.29 is 19.8 Å². The zero-order valence-corrected chi connectivity index (χ0v) is 10.6. The summed E-state index contributed by atoms with van der Waals surface area (Å²) in [5.74, 6) is -0.802. The summed E-state index contributed by atoms with van der Waals surface area (Å²) < 4.78 is 0. The number of carboxylic acids is 1. The number of unbranched alkanes of at least 4 members (excludes halogenated alkanes) is 1. The third kappa shape index (κ3) is 4.91. The molecule has 1 unspecified atom stereocenters. The number of nitrogens with zero attached hydrogens (tertiary/aromatic N) is 1. The highest BCUT2D eigenvalue weighted by molar-refractivity contribution is 5.74. The van der Waals surface area contributed by atoms with Crippen LogP contribution in [0.1, 0.15) is 38.5 Å². The van der Waals surface area contributed by atoms with Crippen LogP contribution in [0.4, 0.5) is 4.79 Å². The van der Waals surface area contributed by atoms with Crippen LogP contribution >= 0.6 is 0 Å². The summed E-state index contributed by atoms with van der Waals surface area (Å²) in [5, 5.41) is 20.2. The van der Waals surface area contributed by atoms with Crippen LogP contribution < -0.4 is 5.32 Å². The predicted molar refractivity (Wildman–Crippen MR) is 66.3 cm³/mol. The number of amides is 2. The standard InChI is InChI=1S/C12H22N2O4/c15-9-6-10-4-3-8-14(10)12(18)13-7-2-1-5-11(16)17/h10,15H,1-9H2,(H,13,18)(H,16,17). The number of nitrogens with one attached hydrogen (secondary N) is 1. The van der Waals surface area contributed by atoms with Crippen molar-refractivity contribution in [1.82, 2.24) is 10.2 Å². The lowest BCUT2D eigenvalue weighted by molar-refractivity contribution is -0.137. The Balaban J connectivity index is 2.17. The normalized spacial score (nSPS) is 18.9. The molecule has 2 amide bonds. The molecule has 1 saturated heterocycles. The van der Waals surface area contributed by atoms with Crippen molar-refractivity contribution in [2.75, 3.05) is 19.7 Å². The van der Waals surface area contributed by atoms with Gasteiger partial charge in [-0.25, -0.2) is 4.79 Å². The molecule has 1 rings (SSSR count). The van der Waals surface area contributed by atoms with Crippen LogP contribution in [0.2, 0.25) is 0 Å². The van der Waals surface area contributed by atoms with Crippen LogP contribution in [-0.2, 0) is 4.79 Å². The Morgan fingerprint density at radius 1 is 1.33 bits per heavy atom. The summed E-state index contributed by atoms with van der Waals surface area (Å²) in [7, 11) is 0. The molecular formula is C12H22N2O4. The minimum Gasteiger partial charge on any atom is -0.481 e. The Kier molecular flexibility index (Phi) is 6.49. The van der Waals surface area contributed by atoms with Gasteiger partial charge in [-0.05, 0) is 32.1 Å². The van der Waals surface area contributed by atoms with Crippen molar-refractivity contribution in [3.8, 4) is 0 Å². The molecule has 1 aliphatic rings. The second-order valence-corrected chi connectivity index (χ2v) is 4.58. The molecule has 3 N–H and O–H groups in total. The van der Waals surface area contributed by atoms with Crippen LogP contribution in [0.5, 0.6) is 0 Å². The number of carbonyl (C=O) groups is 2. The predicted octanol–water partition coefficient (Wildman–Crippen LogP) is 0.798. The van der Waals surface area contributed by atoms with E-state index in [1.54, 1.807) is 4.90 Å². The number of hydrogen-bond acceptors (Lipinski definition) is 3. The van der Waals surface area contributed by atoms with Gasteiger partial charge in [-0.1, -0.05) is 0 Å². The summed E-state index contributed by atoms with van der Waals surface area (Å²) in [6.45, 7) is 1.35. The lowest BCUT2D eigenvalue weighted by Gasteiger charge is -2.24. The molecule has 104 valence electrons. The highest BCUT2D eigenvalue weighted by Crippen LogP contribution is 2.19. The van der Waals surface area contributed by atoms with Crippen LogP contribution in [0.15, 0.2) is 0 Å². The van der Waals surface area contributed by atoms with Crippen LogP contribution in [0.25, 0.3) is 0 Å². The minimum absolute atomic E-state index is 0.0960. The van der Waals surface area contributed by atoms with Crippen molar-refractivity contribution in [1.29, 1.82) is 0 Å². The zero-order chi connectivity index (χ0) is 13.4. The van der Waals surface area contributed by atoms with Gasteiger partial charge >= 0.3 is 12.0 Å². The lowest BCUT2D eigenvalue weighted by atomic mass is 10.1. The second-order valence-electron chi connectivity index (χ2n) is 4.58. The molecule has 6 nitrogen and oxygen atoms in total. The molecule has 1 fully saturated rings. The number of carboxylic acid groups (broad SMARTS) is 1. The first-order chi connectivity index (χ1) is 8.65. The van der Waals surface area contributed by atoms with Gasteiger partial charge in [0.25, 0.3) is 0 Å². The lowest BCUT2D eigenvalue weighted by Crippen LogP contribution is -2.43. The molecule has 18 heavy (non-hydrogen) atoms. The second kappa shape index (κ2) is 7.92. The van der Waals surface area contributed by atoms with E-state index in [2.05, 4.69) is 5.32 Å². The van der Waals surface area contributed by atoms with Gasteiger partial charge in [0.05, 0.1) is 0 Å². The third-order valence-corrected chi connectivity index (χ3v) is 3.19. The van der Waals surface area contributed by atoms with E-state index < -0.39 is 5.97 Å². The van der Waals surface area contributed by atoms with E-state index in [9.17, 15) is 9.59 Å². The highest BCUT2D eigenvalue weighted by atomic mass is 16.4. The molecule has 0 saturated carbocycles. The summed E-state index contributed by atoms with van der Waals surface area (Å²) >= 11 is 0. The molecule has 0 spiro atoms. The molecule has 1 heterocycles. The van der Waals surface area contributed by atoms with Gasteiger partial charge in [0.15, 0.2) is 0 Å². The largest absolute Gasteiger partial charge is 0.481 e. The van der Waals surface area contributed by atoms with Gasteiger partial charge in [-0.2, -0.15) is 0 Å². The van der Waals surface area contributed by atoms with Crippen molar-refractivity contribution in [3.63, 3.8) is 0 Å².